The summed E-state index contributed by atoms with van der Waals surface area (Å²) >= 11 is 0. The van der Waals surface area contributed by atoms with Crippen LogP contribution in [0.3, 0.4) is 0 Å². The number of carbonyl (C=O) groups is 1. The number of ether oxygens (including phenoxy) is 1. The molecule has 1 unspecified atom stereocenters. The summed E-state index contributed by atoms with van der Waals surface area (Å²) in [7, 11) is 0. The highest BCUT2D eigenvalue weighted by molar-refractivity contribution is 6.17. The minimum Gasteiger partial charge on any atom is -0.462 e. The third-order valence-electron chi connectivity index (χ3n) is 3.67. The Bertz CT molecular complexity index is 685. The molecule has 0 bridgehead atoms. The fraction of sp³-hybridized carbons (Fsp3) is 0.312. The van der Waals surface area contributed by atoms with E-state index in [2.05, 4.69) is 23.3 Å². The van der Waals surface area contributed by atoms with Gasteiger partial charge in [0.05, 0.1) is 17.9 Å². The lowest BCUT2D eigenvalue weighted by atomic mass is 9.96. The molecule has 0 fully saturated rings. The molecule has 1 aromatic heterocycles. The maximum Gasteiger partial charge on any atom is 0.341 e. The molecule has 1 aliphatic heterocycles. The average Bonchev–Trinajstić information content (AvgIpc) is 2.74. The van der Waals surface area contributed by atoms with Crippen molar-refractivity contribution >= 4 is 22.4 Å². The molecule has 0 saturated heterocycles. The smallest absolute Gasteiger partial charge is 0.341 e. The number of para-hydroxylation sites is 1. The number of aromatic amines is 1. The van der Waals surface area contributed by atoms with Crippen LogP contribution in [0.25, 0.3) is 16.5 Å². The Morgan fingerprint density at radius 1 is 1.40 bits per heavy atom. The summed E-state index contributed by atoms with van der Waals surface area (Å²) in [6, 6.07) is 8.15. The van der Waals surface area contributed by atoms with Crippen LogP contribution >= 0.6 is 0 Å². The van der Waals surface area contributed by atoms with Gasteiger partial charge < -0.3 is 15.0 Å². The summed E-state index contributed by atoms with van der Waals surface area (Å²) in [5, 5.41) is 4.38. The lowest BCUT2D eigenvalue weighted by molar-refractivity contribution is -0.136. The molecule has 0 aliphatic carbocycles. The Balaban J connectivity index is 2.20. The van der Waals surface area contributed by atoms with E-state index in [9.17, 15) is 4.79 Å². The topological polar surface area (TPSA) is 54.1 Å². The first-order valence-corrected chi connectivity index (χ1v) is 6.94. The number of H-pyrrole nitrogens is 1. The summed E-state index contributed by atoms with van der Waals surface area (Å²) in [6.07, 6.45) is 1.76. The van der Waals surface area contributed by atoms with Crippen molar-refractivity contribution in [1.82, 2.24) is 10.3 Å². The molecular weight excluding hydrogens is 252 g/mol. The number of hydrogen-bond acceptors (Lipinski definition) is 3. The number of hydrogen-bond donors (Lipinski definition) is 2. The van der Waals surface area contributed by atoms with Crippen LogP contribution in [-0.4, -0.2) is 24.1 Å². The first kappa shape index (κ1) is 12.8. The fourth-order valence-corrected chi connectivity index (χ4v) is 2.77. The van der Waals surface area contributed by atoms with Gasteiger partial charge in [-0.1, -0.05) is 25.1 Å². The van der Waals surface area contributed by atoms with Gasteiger partial charge in [-0.25, -0.2) is 4.79 Å². The molecule has 2 aromatic rings. The van der Waals surface area contributed by atoms with Crippen LogP contribution in [0.2, 0.25) is 0 Å². The van der Waals surface area contributed by atoms with Gasteiger partial charge in [0.2, 0.25) is 0 Å². The summed E-state index contributed by atoms with van der Waals surface area (Å²) in [5.74, 6) is 0.0335. The zero-order valence-electron chi connectivity index (χ0n) is 11.7. The quantitative estimate of drug-likeness (QED) is 0.825. The molecule has 3 rings (SSSR count). The van der Waals surface area contributed by atoms with Crippen LogP contribution in [-0.2, 0) is 9.53 Å². The van der Waals surface area contributed by atoms with Crippen molar-refractivity contribution < 1.29 is 9.53 Å². The number of aromatic nitrogens is 1. The molecule has 0 radical (unpaired) electrons. The Morgan fingerprint density at radius 3 is 3.00 bits per heavy atom. The highest BCUT2D eigenvalue weighted by Crippen LogP contribution is 2.34. The lowest BCUT2D eigenvalue weighted by Crippen LogP contribution is -2.13. The van der Waals surface area contributed by atoms with E-state index in [1.165, 1.54) is 10.9 Å². The summed E-state index contributed by atoms with van der Waals surface area (Å²) in [6.45, 7) is 5.16. The number of benzene rings is 1. The summed E-state index contributed by atoms with van der Waals surface area (Å²) in [4.78, 5) is 15.5. The van der Waals surface area contributed by atoms with Crippen molar-refractivity contribution in [2.45, 2.75) is 19.8 Å². The molecule has 2 N–H and O–H groups in total. The number of fused-ring (bicyclic) bond motifs is 3. The zero-order chi connectivity index (χ0) is 14.1. The highest BCUT2D eigenvalue weighted by Gasteiger charge is 2.26. The van der Waals surface area contributed by atoms with E-state index < -0.39 is 0 Å². The van der Waals surface area contributed by atoms with Crippen LogP contribution < -0.4 is 5.32 Å². The van der Waals surface area contributed by atoms with Gasteiger partial charge >= 0.3 is 5.97 Å². The summed E-state index contributed by atoms with van der Waals surface area (Å²) < 4.78 is 5.16. The van der Waals surface area contributed by atoms with E-state index in [4.69, 9.17) is 4.74 Å². The van der Waals surface area contributed by atoms with E-state index in [1.807, 2.05) is 25.1 Å². The molecule has 1 aliphatic rings. The van der Waals surface area contributed by atoms with Gasteiger partial charge in [0.1, 0.15) is 0 Å². The molecule has 1 atom stereocenters. The van der Waals surface area contributed by atoms with Crippen molar-refractivity contribution in [3.63, 3.8) is 0 Å². The molecule has 0 saturated carbocycles. The van der Waals surface area contributed by atoms with Gasteiger partial charge in [-0.05, 0) is 18.6 Å². The van der Waals surface area contributed by atoms with Gasteiger partial charge in [-0.2, -0.15) is 0 Å². The minimum atomic E-state index is -0.290. The first-order chi connectivity index (χ1) is 9.72. The number of esters is 1. The minimum absolute atomic E-state index is 0.290. The van der Waals surface area contributed by atoms with Crippen LogP contribution in [0.4, 0.5) is 0 Å². The molecule has 0 spiro atoms. The molecule has 4 nitrogen and oxygen atoms in total. The second-order valence-electron chi connectivity index (χ2n) is 5.05. The second kappa shape index (κ2) is 5.04. The Labute approximate surface area is 117 Å². The molecule has 0 amide bonds. The van der Waals surface area contributed by atoms with Gasteiger partial charge in [-0.3, -0.25) is 0 Å². The monoisotopic (exact) mass is 270 g/mol. The number of carbonyl (C=O) groups excluding carboxylic acids is 1. The van der Waals surface area contributed by atoms with Crippen molar-refractivity contribution in [1.29, 1.82) is 0 Å². The molecule has 20 heavy (non-hydrogen) atoms. The van der Waals surface area contributed by atoms with E-state index in [0.29, 0.717) is 18.1 Å². The van der Waals surface area contributed by atoms with Gasteiger partial charge in [0.25, 0.3) is 0 Å². The van der Waals surface area contributed by atoms with Crippen molar-refractivity contribution in [3.05, 3.63) is 41.7 Å². The van der Waals surface area contributed by atoms with Gasteiger partial charge in [0.15, 0.2) is 0 Å². The van der Waals surface area contributed by atoms with Crippen molar-refractivity contribution in [2.24, 2.45) is 0 Å². The van der Waals surface area contributed by atoms with Crippen LogP contribution in [0.5, 0.6) is 0 Å². The third-order valence-corrected chi connectivity index (χ3v) is 3.67. The van der Waals surface area contributed by atoms with Crippen LogP contribution in [0, 0.1) is 0 Å². The summed E-state index contributed by atoms with van der Waals surface area (Å²) in [5.41, 5.74) is 3.69. The standard InChI is InChI=1S/C16H18N2O2/c1-3-20-16(19)12-9-17-8-10(2)14-11-6-4-5-7-13(11)18-15(12)14/h4-7,9-10,17-18H,3,8H2,1-2H3. The number of nitrogens with one attached hydrogen (secondary N) is 2. The van der Waals surface area contributed by atoms with Gasteiger partial charge in [-0.15, -0.1) is 0 Å². The maximum atomic E-state index is 12.1. The predicted molar refractivity (Wildman–Crippen MR) is 79.3 cm³/mol. The van der Waals surface area contributed by atoms with Crippen LogP contribution in [0.15, 0.2) is 30.5 Å². The molecule has 1 aromatic carbocycles. The Hall–Kier alpha value is -2.23. The van der Waals surface area contributed by atoms with Crippen molar-refractivity contribution in [3.8, 4) is 0 Å². The molecular formula is C16H18N2O2. The second-order valence-corrected chi connectivity index (χ2v) is 5.05. The van der Waals surface area contributed by atoms with Gasteiger partial charge in [0, 0.05) is 29.6 Å². The Morgan fingerprint density at radius 2 is 2.20 bits per heavy atom. The first-order valence-electron chi connectivity index (χ1n) is 6.94. The van der Waals surface area contributed by atoms with E-state index in [-0.39, 0.29) is 5.97 Å². The maximum absolute atomic E-state index is 12.1. The van der Waals surface area contributed by atoms with Crippen LogP contribution in [0.1, 0.15) is 31.0 Å². The fourth-order valence-electron chi connectivity index (χ4n) is 2.77. The van der Waals surface area contributed by atoms with E-state index in [0.717, 1.165) is 17.8 Å². The third kappa shape index (κ3) is 1.97. The SMILES string of the molecule is CCOC(=O)C1=CNCC(C)c2c1[nH]c1ccccc21. The van der Waals surface area contributed by atoms with Crippen molar-refractivity contribution in [2.75, 3.05) is 13.2 Å². The average molecular weight is 270 g/mol. The zero-order valence-corrected chi connectivity index (χ0v) is 11.7. The highest BCUT2D eigenvalue weighted by atomic mass is 16.5. The predicted octanol–water partition coefficient (Wildman–Crippen LogP) is 2.78. The normalized spacial score (nSPS) is 17.9. The molecule has 2 heterocycles. The van der Waals surface area contributed by atoms with E-state index >= 15 is 0 Å². The molecule has 4 heteroatoms. The van der Waals surface area contributed by atoms with E-state index in [1.54, 1.807) is 6.20 Å². The molecule has 104 valence electrons. The lowest BCUT2D eigenvalue weighted by Gasteiger charge is -2.10. The number of rotatable bonds is 2. The Kier molecular flexibility index (Phi) is 3.22. The largest absolute Gasteiger partial charge is 0.462 e.